The summed E-state index contributed by atoms with van der Waals surface area (Å²) in [5.74, 6) is 0. The van der Waals surface area contributed by atoms with Crippen LogP contribution in [-0.2, 0) is 6.42 Å². The molecule has 2 heterocycles. The average molecular weight is 285 g/mol. The topological polar surface area (TPSA) is 38.7 Å². The van der Waals surface area contributed by atoms with Gasteiger partial charge in [0.15, 0.2) is 0 Å². The molecule has 0 aliphatic carbocycles. The lowest BCUT2D eigenvalue weighted by Crippen LogP contribution is -1.94. The number of hydrogen-bond donors (Lipinski definition) is 0. The summed E-state index contributed by atoms with van der Waals surface area (Å²) in [6.07, 6.45) is 8.34. The zero-order valence-electron chi connectivity index (χ0n) is 12.3. The van der Waals surface area contributed by atoms with Gasteiger partial charge in [0, 0.05) is 28.6 Å². The van der Waals surface area contributed by atoms with Gasteiger partial charge in [-0.3, -0.25) is 4.98 Å². The number of benzene rings is 2. The van der Waals surface area contributed by atoms with Crippen LogP contribution in [0.3, 0.4) is 0 Å². The Hall–Kier alpha value is -2.81. The first-order valence-electron chi connectivity index (χ1n) is 7.33. The monoisotopic (exact) mass is 285 g/mol. The van der Waals surface area contributed by atoms with Crippen LogP contribution in [0.2, 0.25) is 0 Å². The van der Waals surface area contributed by atoms with Gasteiger partial charge in [0.1, 0.15) is 0 Å². The van der Waals surface area contributed by atoms with Gasteiger partial charge in [0.05, 0.1) is 12.4 Å². The average Bonchev–Trinajstić information content (AvgIpc) is 2.58. The van der Waals surface area contributed by atoms with Gasteiger partial charge >= 0.3 is 0 Å². The van der Waals surface area contributed by atoms with Crippen molar-refractivity contribution in [2.75, 3.05) is 0 Å². The van der Waals surface area contributed by atoms with Crippen LogP contribution in [0.5, 0.6) is 0 Å². The van der Waals surface area contributed by atoms with Crippen molar-refractivity contribution in [3.8, 4) is 0 Å². The number of pyridine rings is 1. The van der Waals surface area contributed by atoms with E-state index in [1.807, 2.05) is 24.8 Å². The van der Waals surface area contributed by atoms with E-state index in [9.17, 15) is 0 Å². The smallest absolute Gasteiger partial charge is 0.0577 e. The fourth-order valence-electron chi connectivity index (χ4n) is 3.00. The van der Waals surface area contributed by atoms with Crippen LogP contribution in [0, 0.1) is 6.92 Å². The molecule has 0 radical (unpaired) electrons. The molecule has 106 valence electrons. The molecule has 0 atom stereocenters. The van der Waals surface area contributed by atoms with E-state index in [4.69, 9.17) is 0 Å². The van der Waals surface area contributed by atoms with E-state index in [2.05, 4.69) is 58.5 Å². The third-order valence-corrected chi connectivity index (χ3v) is 4.19. The summed E-state index contributed by atoms with van der Waals surface area (Å²) < 4.78 is 0. The van der Waals surface area contributed by atoms with Crippen molar-refractivity contribution in [2.24, 2.45) is 0 Å². The van der Waals surface area contributed by atoms with E-state index >= 15 is 0 Å². The molecule has 4 aromatic rings. The maximum absolute atomic E-state index is 4.30. The number of nitrogens with zero attached hydrogens (tertiary/aromatic N) is 3. The van der Waals surface area contributed by atoms with E-state index in [1.165, 1.54) is 27.5 Å². The summed E-state index contributed by atoms with van der Waals surface area (Å²) in [5, 5.41) is 12.8. The molecule has 0 bridgehead atoms. The molecule has 0 saturated heterocycles. The molecule has 0 aliphatic heterocycles. The normalized spacial score (nSPS) is 11.1. The molecule has 0 aliphatic rings. The third-order valence-electron chi connectivity index (χ3n) is 4.19. The molecule has 3 heteroatoms. The van der Waals surface area contributed by atoms with Crippen LogP contribution in [0.4, 0.5) is 0 Å². The standard InChI is InChI=1S/C19H15N3/c1-13-5-6-15(19-11-20-8-7-17(13)19)9-14-3-2-4-16-10-21-22-12-18(14)16/h2-8,10-12H,9H2,1H3. The highest BCUT2D eigenvalue weighted by Crippen LogP contribution is 2.26. The summed E-state index contributed by atoms with van der Waals surface area (Å²) in [6, 6.07) is 12.8. The second-order valence-corrected chi connectivity index (χ2v) is 5.55. The lowest BCUT2D eigenvalue weighted by Gasteiger charge is -2.10. The minimum atomic E-state index is 0.867. The van der Waals surface area contributed by atoms with Crippen LogP contribution in [0.25, 0.3) is 21.5 Å². The van der Waals surface area contributed by atoms with Crippen molar-refractivity contribution < 1.29 is 0 Å². The first kappa shape index (κ1) is 12.9. The highest BCUT2D eigenvalue weighted by Gasteiger charge is 2.07. The number of aryl methyl sites for hydroxylation is 1. The Morgan fingerprint density at radius 2 is 1.64 bits per heavy atom. The molecule has 0 saturated carbocycles. The maximum atomic E-state index is 4.30. The predicted octanol–water partition coefficient (Wildman–Crippen LogP) is 4.08. The van der Waals surface area contributed by atoms with Crippen LogP contribution in [-0.4, -0.2) is 15.2 Å². The Morgan fingerprint density at radius 3 is 2.59 bits per heavy atom. The Bertz CT molecular complexity index is 971. The molecule has 4 rings (SSSR count). The van der Waals surface area contributed by atoms with Crippen LogP contribution in [0.15, 0.2) is 61.2 Å². The highest BCUT2D eigenvalue weighted by molar-refractivity contribution is 5.89. The first-order valence-corrected chi connectivity index (χ1v) is 7.33. The van der Waals surface area contributed by atoms with Crippen molar-refractivity contribution in [1.82, 2.24) is 15.2 Å². The molecule has 0 spiro atoms. The summed E-state index contributed by atoms with van der Waals surface area (Å²) >= 11 is 0. The Morgan fingerprint density at radius 1 is 0.773 bits per heavy atom. The summed E-state index contributed by atoms with van der Waals surface area (Å²) in [4.78, 5) is 4.30. The summed E-state index contributed by atoms with van der Waals surface area (Å²) in [5.41, 5.74) is 3.84. The van der Waals surface area contributed by atoms with Gasteiger partial charge in [-0.05, 0) is 41.5 Å². The molecule has 2 aromatic carbocycles. The second kappa shape index (κ2) is 5.19. The SMILES string of the molecule is Cc1ccc(Cc2cccc3cnncc23)c2cnccc12. The largest absolute Gasteiger partial charge is 0.264 e. The van der Waals surface area contributed by atoms with Crippen molar-refractivity contribution in [3.63, 3.8) is 0 Å². The zero-order chi connectivity index (χ0) is 14.9. The highest BCUT2D eigenvalue weighted by atomic mass is 15.1. The zero-order valence-corrected chi connectivity index (χ0v) is 12.3. The van der Waals surface area contributed by atoms with E-state index in [1.54, 1.807) is 0 Å². The maximum Gasteiger partial charge on any atom is 0.0577 e. The second-order valence-electron chi connectivity index (χ2n) is 5.55. The summed E-state index contributed by atoms with van der Waals surface area (Å²) in [6.45, 7) is 2.14. The number of aromatic nitrogens is 3. The minimum Gasteiger partial charge on any atom is -0.264 e. The molecular weight excluding hydrogens is 270 g/mol. The lowest BCUT2D eigenvalue weighted by molar-refractivity contribution is 1.05. The van der Waals surface area contributed by atoms with Crippen molar-refractivity contribution >= 4 is 21.5 Å². The van der Waals surface area contributed by atoms with E-state index in [0.29, 0.717) is 0 Å². The molecule has 3 nitrogen and oxygen atoms in total. The van der Waals surface area contributed by atoms with E-state index in [-0.39, 0.29) is 0 Å². The molecular formula is C19H15N3. The van der Waals surface area contributed by atoms with Gasteiger partial charge in [0.25, 0.3) is 0 Å². The van der Waals surface area contributed by atoms with Gasteiger partial charge in [-0.25, -0.2) is 0 Å². The van der Waals surface area contributed by atoms with Gasteiger partial charge in [-0.2, -0.15) is 10.2 Å². The van der Waals surface area contributed by atoms with Crippen molar-refractivity contribution in [3.05, 3.63) is 77.9 Å². The first-order chi connectivity index (χ1) is 10.8. The van der Waals surface area contributed by atoms with Crippen LogP contribution >= 0.6 is 0 Å². The van der Waals surface area contributed by atoms with Crippen molar-refractivity contribution in [2.45, 2.75) is 13.3 Å². The van der Waals surface area contributed by atoms with Crippen molar-refractivity contribution in [1.29, 1.82) is 0 Å². The fourth-order valence-corrected chi connectivity index (χ4v) is 3.00. The quantitative estimate of drug-likeness (QED) is 0.557. The predicted molar refractivity (Wildman–Crippen MR) is 88.8 cm³/mol. The van der Waals surface area contributed by atoms with Crippen LogP contribution in [0.1, 0.15) is 16.7 Å². The molecule has 22 heavy (non-hydrogen) atoms. The third kappa shape index (κ3) is 2.11. The Labute approximate surface area is 128 Å². The minimum absolute atomic E-state index is 0.867. The van der Waals surface area contributed by atoms with Gasteiger partial charge in [-0.15, -0.1) is 0 Å². The number of fused-ring (bicyclic) bond motifs is 2. The molecule has 2 aromatic heterocycles. The Balaban J connectivity index is 1.88. The molecule has 0 unspecified atom stereocenters. The van der Waals surface area contributed by atoms with Crippen LogP contribution < -0.4 is 0 Å². The van der Waals surface area contributed by atoms with E-state index < -0.39 is 0 Å². The molecule has 0 N–H and O–H groups in total. The molecule has 0 fully saturated rings. The van der Waals surface area contributed by atoms with Gasteiger partial charge in [0.2, 0.25) is 0 Å². The Kier molecular flexibility index (Phi) is 3.04. The number of hydrogen-bond acceptors (Lipinski definition) is 3. The lowest BCUT2D eigenvalue weighted by atomic mass is 9.95. The number of rotatable bonds is 2. The summed E-state index contributed by atoms with van der Waals surface area (Å²) in [7, 11) is 0. The fraction of sp³-hybridized carbons (Fsp3) is 0.105. The van der Waals surface area contributed by atoms with E-state index in [0.717, 1.165) is 17.2 Å². The molecule has 0 amide bonds. The van der Waals surface area contributed by atoms with Gasteiger partial charge < -0.3 is 0 Å². The van der Waals surface area contributed by atoms with Gasteiger partial charge in [-0.1, -0.05) is 30.3 Å².